The molecular weight excluding hydrogens is 223 g/mol. The van der Waals surface area contributed by atoms with Gasteiger partial charge in [0, 0.05) is 4.47 Å². The van der Waals surface area contributed by atoms with Crippen LogP contribution >= 0.6 is 15.9 Å². The normalized spacial score (nSPS) is 9.08. The minimum atomic E-state index is -0.361. The molecule has 0 unspecified atom stereocenters. The number of anilines is 1. The van der Waals surface area contributed by atoms with Crippen LogP contribution in [-0.2, 0) is 0 Å². The largest absolute Gasteiger partial charge is 0.370 e. The fraction of sp³-hybridized carbons (Fsp3) is 0.125. The average Bonchev–Trinajstić information content (AvgIpc) is 2.03. The lowest BCUT2D eigenvalue weighted by Gasteiger charge is -2.02. The second-order valence-electron chi connectivity index (χ2n) is 2.14. The quantitative estimate of drug-likeness (QED) is 0.791. The zero-order chi connectivity index (χ0) is 8.97. The smallest absolute Gasteiger partial charge is 0.147 e. The van der Waals surface area contributed by atoms with E-state index in [-0.39, 0.29) is 12.4 Å². The Kier molecular flexibility index (Phi) is 3.06. The maximum absolute atomic E-state index is 13.0. The molecule has 0 aliphatic rings. The predicted molar refractivity (Wildman–Crippen MR) is 48.2 cm³/mol. The third-order valence-electron chi connectivity index (χ3n) is 1.29. The van der Waals surface area contributed by atoms with Crippen molar-refractivity contribution >= 4 is 21.6 Å². The van der Waals surface area contributed by atoms with E-state index < -0.39 is 0 Å². The molecule has 1 aromatic carbocycles. The average molecular weight is 229 g/mol. The van der Waals surface area contributed by atoms with Gasteiger partial charge in [-0.3, -0.25) is 0 Å². The maximum Gasteiger partial charge on any atom is 0.147 e. The van der Waals surface area contributed by atoms with Crippen molar-refractivity contribution in [3.05, 3.63) is 28.5 Å². The van der Waals surface area contributed by atoms with E-state index in [0.717, 1.165) is 0 Å². The lowest BCUT2D eigenvalue weighted by molar-refractivity contribution is 0.630. The number of nitrogens with zero attached hydrogens (tertiary/aromatic N) is 1. The maximum atomic E-state index is 13.0. The monoisotopic (exact) mass is 228 g/mol. The molecule has 1 N–H and O–H groups in total. The third kappa shape index (κ3) is 2.21. The highest BCUT2D eigenvalue weighted by atomic mass is 79.9. The van der Waals surface area contributed by atoms with Crippen LogP contribution in [0.2, 0.25) is 0 Å². The van der Waals surface area contributed by atoms with E-state index in [4.69, 9.17) is 5.26 Å². The highest BCUT2D eigenvalue weighted by molar-refractivity contribution is 9.10. The molecule has 0 radical (unpaired) electrons. The van der Waals surface area contributed by atoms with Crippen LogP contribution in [0, 0.1) is 17.1 Å². The minimum Gasteiger partial charge on any atom is -0.370 e. The van der Waals surface area contributed by atoms with Crippen LogP contribution in [0.4, 0.5) is 10.1 Å². The molecular formula is C8H6BrFN2. The van der Waals surface area contributed by atoms with Crippen molar-refractivity contribution in [2.24, 2.45) is 0 Å². The van der Waals surface area contributed by atoms with Gasteiger partial charge in [-0.25, -0.2) is 4.39 Å². The fourth-order valence-corrected chi connectivity index (χ4v) is 1.10. The lowest BCUT2D eigenvalue weighted by atomic mass is 10.3. The number of rotatable bonds is 2. The first-order chi connectivity index (χ1) is 5.74. The van der Waals surface area contributed by atoms with Gasteiger partial charge in [-0.1, -0.05) is 15.9 Å². The van der Waals surface area contributed by atoms with Gasteiger partial charge in [0.2, 0.25) is 0 Å². The molecule has 0 aliphatic carbocycles. The summed E-state index contributed by atoms with van der Waals surface area (Å²) < 4.78 is 13.7. The first kappa shape index (κ1) is 9.01. The zero-order valence-corrected chi connectivity index (χ0v) is 7.73. The summed E-state index contributed by atoms with van der Waals surface area (Å²) >= 11 is 3.13. The number of nitrogens with one attached hydrogen (secondary N) is 1. The minimum absolute atomic E-state index is 0.110. The Morgan fingerprint density at radius 2 is 2.33 bits per heavy atom. The molecule has 0 aliphatic heterocycles. The molecule has 62 valence electrons. The van der Waals surface area contributed by atoms with Crippen molar-refractivity contribution < 1.29 is 4.39 Å². The van der Waals surface area contributed by atoms with Gasteiger partial charge < -0.3 is 5.32 Å². The van der Waals surface area contributed by atoms with Crippen LogP contribution in [0.3, 0.4) is 0 Å². The number of benzene rings is 1. The summed E-state index contributed by atoms with van der Waals surface area (Å²) in [7, 11) is 0. The molecule has 2 nitrogen and oxygen atoms in total. The van der Waals surface area contributed by atoms with Gasteiger partial charge in [-0.05, 0) is 18.2 Å². The third-order valence-corrected chi connectivity index (χ3v) is 1.78. The van der Waals surface area contributed by atoms with Crippen molar-refractivity contribution in [1.82, 2.24) is 0 Å². The molecule has 0 fully saturated rings. The van der Waals surface area contributed by atoms with Gasteiger partial charge in [0.1, 0.15) is 12.4 Å². The molecule has 0 saturated carbocycles. The summed E-state index contributed by atoms with van der Waals surface area (Å²) in [5, 5.41) is 10.9. The Balaban J connectivity index is 2.81. The van der Waals surface area contributed by atoms with Crippen molar-refractivity contribution in [2.45, 2.75) is 0 Å². The van der Waals surface area contributed by atoms with Crippen LogP contribution < -0.4 is 5.32 Å². The van der Waals surface area contributed by atoms with Crippen molar-refractivity contribution in [1.29, 1.82) is 5.26 Å². The van der Waals surface area contributed by atoms with Crippen LogP contribution in [0.15, 0.2) is 22.7 Å². The second kappa shape index (κ2) is 4.07. The van der Waals surface area contributed by atoms with Crippen molar-refractivity contribution in [2.75, 3.05) is 11.9 Å². The second-order valence-corrected chi connectivity index (χ2v) is 3.05. The van der Waals surface area contributed by atoms with Crippen LogP contribution in [-0.4, -0.2) is 6.54 Å². The summed E-state index contributed by atoms with van der Waals surface area (Å²) in [6.45, 7) is 0.110. The van der Waals surface area contributed by atoms with Gasteiger partial charge in [-0.2, -0.15) is 5.26 Å². The number of nitriles is 1. The zero-order valence-electron chi connectivity index (χ0n) is 6.14. The summed E-state index contributed by atoms with van der Waals surface area (Å²) in [6, 6.07) is 6.51. The summed E-state index contributed by atoms with van der Waals surface area (Å²) in [4.78, 5) is 0. The molecule has 0 saturated heterocycles. The van der Waals surface area contributed by atoms with E-state index >= 15 is 0 Å². The molecule has 12 heavy (non-hydrogen) atoms. The Labute approximate surface area is 78.1 Å². The van der Waals surface area contributed by atoms with Gasteiger partial charge in [-0.15, -0.1) is 0 Å². The fourth-order valence-electron chi connectivity index (χ4n) is 0.768. The number of halogens is 2. The lowest BCUT2D eigenvalue weighted by Crippen LogP contribution is -2.00. The van der Waals surface area contributed by atoms with Gasteiger partial charge in [0.15, 0.2) is 0 Å². The van der Waals surface area contributed by atoms with E-state index in [1.807, 2.05) is 6.07 Å². The Morgan fingerprint density at radius 3 is 2.92 bits per heavy atom. The van der Waals surface area contributed by atoms with Gasteiger partial charge in [0.25, 0.3) is 0 Å². The molecule has 1 aromatic rings. The summed E-state index contributed by atoms with van der Waals surface area (Å²) in [6.07, 6.45) is 0. The molecule has 0 atom stereocenters. The van der Waals surface area contributed by atoms with E-state index in [1.54, 1.807) is 12.1 Å². The standard InChI is InChI=1S/C8H6BrFN2/c9-6-1-2-8(7(10)5-6)12-4-3-11/h1-2,5,12H,4H2. The first-order valence-corrected chi connectivity index (χ1v) is 4.09. The topological polar surface area (TPSA) is 35.8 Å². The summed E-state index contributed by atoms with van der Waals surface area (Å²) in [5.74, 6) is -0.361. The van der Waals surface area contributed by atoms with E-state index in [9.17, 15) is 4.39 Å². The first-order valence-electron chi connectivity index (χ1n) is 3.30. The van der Waals surface area contributed by atoms with Crippen LogP contribution in [0.5, 0.6) is 0 Å². The molecule has 0 spiro atoms. The SMILES string of the molecule is N#CCNc1ccc(Br)cc1F. The van der Waals surface area contributed by atoms with Gasteiger partial charge >= 0.3 is 0 Å². The van der Waals surface area contributed by atoms with E-state index in [0.29, 0.717) is 10.2 Å². The summed E-state index contributed by atoms with van der Waals surface area (Å²) in [5.41, 5.74) is 0.347. The van der Waals surface area contributed by atoms with Crippen molar-refractivity contribution in [3.8, 4) is 6.07 Å². The number of hydrogen-bond acceptors (Lipinski definition) is 2. The number of hydrogen-bond donors (Lipinski definition) is 1. The van der Waals surface area contributed by atoms with E-state index in [2.05, 4.69) is 21.2 Å². The van der Waals surface area contributed by atoms with Crippen molar-refractivity contribution in [3.63, 3.8) is 0 Å². The van der Waals surface area contributed by atoms with Crippen LogP contribution in [0.1, 0.15) is 0 Å². The molecule has 4 heteroatoms. The molecule has 0 bridgehead atoms. The Hall–Kier alpha value is -1.08. The highest BCUT2D eigenvalue weighted by Crippen LogP contribution is 2.18. The molecule has 0 heterocycles. The van der Waals surface area contributed by atoms with E-state index in [1.165, 1.54) is 6.07 Å². The molecule has 1 rings (SSSR count). The molecule has 0 amide bonds. The Morgan fingerprint density at radius 1 is 1.58 bits per heavy atom. The molecule has 0 aromatic heterocycles. The van der Waals surface area contributed by atoms with Crippen LogP contribution in [0.25, 0.3) is 0 Å². The highest BCUT2D eigenvalue weighted by Gasteiger charge is 2.00. The van der Waals surface area contributed by atoms with Gasteiger partial charge in [0.05, 0.1) is 11.8 Å². The Bertz CT molecular complexity index is 319. The predicted octanol–water partition coefficient (Wildman–Crippen LogP) is 2.52.